The summed E-state index contributed by atoms with van der Waals surface area (Å²) < 4.78 is 63.4. The number of nitrogens with zero attached hydrogens (tertiary/aromatic N) is 1. The van der Waals surface area contributed by atoms with Crippen LogP contribution >= 0.6 is 15.9 Å². The minimum atomic E-state index is -3.86. The number of amides is 1. The molecule has 0 fully saturated rings. The summed E-state index contributed by atoms with van der Waals surface area (Å²) >= 11 is 3.11. The molecule has 1 aliphatic rings. The van der Waals surface area contributed by atoms with E-state index in [-0.39, 0.29) is 35.2 Å². The second-order valence-electron chi connectivity index (χ2n) is 7.19. The molecule has 3 aromatic rings. The number of nitrogens with one attached hydrogen (secondary N) is 1. The Bertz CT molecular complexity index is 1260. The van der Waals surface area contributed by atoms with Gasteiger partial charge in [-0.2, -0.15) is 8.78 Å². The van der Waals surface area contributed by atoms with Crippen molar-refractivity contribution in [3.05, 3.63) is 79.7 Å². The summed E-state index contributed by atoms with van der Waals surface area (Å²) in [5.74, 6) is -7.77. The Morgan fingerprint density at radius 1 is 1.19 bits per heavy atom. The van der Waals surface area contributed by atoms with Gasteiger partial charge in [0.25, 0.3) is 11.5 Å². The van der Waals surface area contributed by atoms with E-state index in [1.807, 2.05) is 0 Å². The smallest absolute Gasteiger partial charge is 0.350 e. The number of hydrogen-bond donors (Lipinski definition) is 1. The van der Waals surface area contributed by atoms with Gasteiger partial charge in [0.05, 0.1) is 24.6 Å². The number of rotatable bonds is 3. The van der Waals surface area contributed by atoms with Crippen LogP contribution in [0.5, 0.6) is 0 Å². The molecule has 4 rings (SSSR count). The summed E-state index contributed by atoms with van der Waals surface area (Å²) in [5, 5.41) is -0.111. The van der Waals surface area contributed by atoms with E-state index in [1.165, 1.54) is 13.1 Å². The lowest BCUT2D eigenvalue weighted by Crippen LogP contribution is -2.44. The van der Waals surface area contributed by atoms with Gasteiger partial charge in [-0.15, -0.1) is 0 Å². The number of ether oxygens (including phenoxy) is 1. The fourth-order valence-corrected chi connectivity index (χ4v) is 4.12. The Morgan fingerprint density at radius 3 is 2.55 bits per heavy atom. The maximum Gasteiger partial charge on any atom is 0.350 e. The molecule has 1 aromatic heterocycles. The van der Waals surface area contributed by atoms with Crippen molar-refractivity contribution in [2.75, 3.05) is 13.7 Å². The van der Waals surface area contributed by atoms with E-state index in [9.17, 15) is 27.2 Å². The van der Waals surface area contributed by atoms with Gasteiger partial charge in [0, 0.05) is 28.3 Å². The largest absolute Gasteiger partial charge is 0.373 e. The fourth-order valence-electron chi connectivity index (χ4n) is 3.72. The van der Waals surface area contributed by atoms with Crippen molar-refractivity contribution in [1.82, 2.24) is 9.88 Å². The van der Waals surface area contributed by atoms with Crippen LogP contribution < -0.4 is 5.56 Å². The summed E-state index contributed by atoms with van der Waals surface area (Å²) in [5.41, 5.74) is -0.730. The molecule has 0 bridgehead atoms. The highest BCUT2D eigenvalue weighted by atomic mass is 79.9. The predicted octanol–water partition coefficient (Wildman–Crippen LogP) is 4.39. The highest BCUT2D eigenvalue weighted by molar-refractivity contribution is 9.10. The molecule has 0 saturated carbocycles. The van der Waals surface area contributed by atoms with E-state index in [2.05, 4.69) is 20.9 Å². The van der Waals surface area contributed by atoms with Crippen molar-refractivity contribution in [3.8, 4) is 0 Å². The lowest BCUT2D eigenvalue weighted by molar-refractivity contribution is -0.162. The van der Waals surface area contributed by atoms with Gasteiger partial charge < -0.3 is 14.6 Å². The van der Waals surface area contributed by atoms with Crippen LogP contribution in [0.1, 0.15) is 22.9 Å². The van der Waals surface area contributed by atoms with E-state index in [0.717, 1.165) is 29.2 Å². The predicted molar refractivity (Wildman–Crippen MR) is 108 cm³/mol. The summed E-state index contributed by atoms with van der Waals surface area (Å²) in [6.07, 6.45) is 0. The van der Waals surface area contributed by atoms with Crippen LogP contribution in [0.2, 0.25) is 0 Å². The SMILES string of the molecule is CN(C(=O)C(F)(F)c1cccc(Br)c1)C1COCc2[nH]c(=O)c3cc(F)c(F)cc3c21. The lowest BCUT2D eigenvalue weighted by Gasteiger charge is -2.35. The van der Waals surface area contributed by atoms with Crippen molar-refractivity contribution < 1.29 is 27.1 Å². The first-order valence-corrected chi connectivity index (χ1v) is 9.93. The van der Waals surface area contributed by atoms with Gasteiger partial charge in [-0.3, -0.25) is 9.59 Å². The second kappa shape index (κ2) is 7.76. The average Bonchev–Trinajstić information content (AvgIpc) is 2.73. The summed E-state index contributed by atoms with van der Waals surface area (Å²) in [6, 6.07) is 5.73. The number of likely N-dealkylation sites (N-methyl/N-ethyl adjacent to an activating group) is 1. The zero-order chi connectivity index (χ0) is 22.5. The van der Waals surface area contributed by atoms with E-state index in [1.54, 1.807) is 6.07 Å². The minimum Gasteiger partial charge on any atom is -0.373 e. The Labute approximate surface area is 181 Å². The van der Waals surface area contributed by atoms with Crippen molar-refractivity contribution in [2.24, 2.45) is 0 Å². The van der Waals surface area contributed by atoms with Crippen LogP contribution in [0.4, 0.5) is 17.6 Å². The molecule has 10 heteroatoms. The van der Waals surface area contributed by atoms with E-state index in [0.29, 0.717) is 4.47 Å². The number of carbonyl (C=O) groups excluding carboxylic acids is 1. The minimum absolute atomic E-state index is 0.0383. The molecular weight excluding hydrogens is 484 g/mol. The number of fused-ring (bicyclic) bond motifs is 3. The molecule has 1 amide bonds. The van der Waals surface area contributed by atoms with Crippen LogP contribution in [-0.2, 0) is 22.1 Å². The van der Waals surface area contributed by atoms with Crippen LogP contribution in [0.15, 0.2) is 45.7 Å². The number of hydrogen-bond acceptors (Lipinski definition) is 3. The van der Waals surface area contributed by atoms with Gasteiger partial charge in [-0.25, -0.2) is 8.78 Å². The van der Waals surface area contributed by atoms with Gasteiger partial charge in [-0.1, -0.05) is 28.1 Å². The molecule has 2 heterocycles. The van der Waals surface area contributed by atoms with E-state index in [4.69, 9.17) is 4.74 Å². The Kier molecular flexibility index (Phi) is 5.38. The highest BCUT2D eigenvalue weighted by Crippen LogP contribution is 2.38. The van der Waals surface area contributed by atoms with Gasteiger partial charge in [0.1, 0.15) is 0 Å². The molecule has 5 nitrogen and oxygen atoms in total. The first-order valence-electron chi connectivity index (χ1n) is 9.14. The first kappa shape index (κ1) is 21.5. The van der Waals surface area contributed by atoms with Crippen LogP contribution in [0.3, 0.4) is 0 Å². The molecule has 0 saturated heterocycles. The second-order valence-corrected chi connectivity index (χ2v) is 8.11. The van der Waals surface area contributed by atoms with E-state index >= 15 is 0 Å². The maximum absolute atomic E-state index is 15.0. The zero-order valence-corrected chi connectivity index (χ0v) is 17.6. The molecule has 0 spiro atoms. The van der Waals surface area contributed by atoms with Crippen molar-refractivity contribution in [3.63, 3.8) is 0 Å². The fraction of sp³-hybridized carbons (Fsp3) is 0.238. The summed E-state index contributed by atoms with van der Waals surface area (Å²) in [4.78, 5) is 28.4. The number of aromatic nitrogens is 1. The van der Waals surface area contributed by atoms with Gasteiger partial charge in [0.15, 0.2) is 11.6 Å². The normalized spacial score (nSPS) is 16.3. The van der Waals surface area contributed by atoms with Gasteiger partial charge >= 0.3 is 5.92 Å². The standard InChI is InChI=1S/C21H15BrF4N2O3/c1-28(20(30)21(25,26)10-3-2-4-11(22)5-10)17-9-31-8-16-18(17)12-6-14(23)15(24)7-13(12)19(29)27-16/h2-7,17H,8-9H2,1H3,(H,27,29). The average molecular weight is 499 g/mol. The molecule has 2 aromatic carbocycles. The molecule has 0 aliphatic carbocycles. The zero-order valence-electron chi connectivity index (χ0n) is 16.0. The molecule has 1 unspecified atom stereocenters. The Balaban J connectivity index is 1.82. The lowest BCUT2D eigenvalue weighted by atomic mass is 9.94. The number of alkyl halides is 2. The molecule has 1 N–H and O–H groups in total. The third-order valence-corrected chi connectivity index (χ3v) is 5.78. The molecule has 31 heavy (non-hydrogen) atoms. The summed E-state index contributed by atoms with van der Waals surface area (Å²) in [7, 11) is 1.17. The Morgan fingerprint density at radius 2 is 1.87 bits per heavy atom. The van der Waals surface area contributed by atoms with Crippen molar-refractivity contribution in [1.29, 1.82) is 0 Å². The number of aromatic amines is 1. The quantitative estimate of drug-likeness (QED) is 0.544. The third kappa shape index (κ3) is 3.63. The van der Waals surface area contributed by atoms with Crippen molar-refractivity contribution in [2.45, 2.75) is 18.6 Å². The Hall–Kier alpha value is -2.72. The molecule has 1 atom stereocenters. The number of pyridine rings is 1. The number of carbonyl (C=O) groups is 1. The van der Waals surface area contributed by atoms with Gasteiger partial charge in [0.2, 0.25) is 0 Å². The first-order chi connectivity index (χ1) is 14.6. The van der Waals surface area contributed by atoms with Crippen LogP contribution in [0.25, 0.3) is 10.8 Å². The summed E-state index contributed by atoms with van der Waals surface area (Å²) in [6.45, 7) is -0.232. The van der Waals surface area contributed by atoms with Gasteiger partial charge in [-0.05, 0) is 29.7 Å². The molecule has 1 aliphatic heterocycles. The molecular formula is C21H15BrF4N2O3. The van der Waals surface area contributed by atoms with Crippen LogP contribution in [-0.4, -0.2) is 29.4 Å². The highest BCUT2D eigenvalue weighted by Gasteiger charge is 2.46. The van der Waals surface area contributed by atoms with Crippen LogP contribution in [0, 0.1) is 11.6 Å². The topological polar surface area (TPSA) is 62.4 Å². The third-order valence-electron chi connectivity index (χ3n) is 5.28. The number of H-pyrrole nitrogens is 1. The number of benzene rings is 2. The monoisotopic (exact) mass is 498 g/mol. The van der Waals surface area contributed by atoms with E-state index < -0.39 is 40.6 Å². The maximum atomic E-state index is 15.0. The molecule has 162 valence electrons. The van der Waals surface area contributed by atoms with Crippen molar-refractivity contribution >= 4 is 32.6 Å². The number of halogens is 5. The molecule has 0 radical (unpaired) electrons.